The van der Waals surface area contributed by atoms with E-state index in [-0.39, 0.29) is 0 Å². The first-order valence-corrected chi connectivity index (χ1v) is 8.34. The Morgan fingerprint density at radius 2 is 2.00 bits per heavy atom. The first-order valence-electron chi connectivity index (χ1n) is 6.44. The van der Waals surface area contributed by atoms with Gasteiger partial charge in [-0.25, -0.2) is 13.4 Å². The summed E-state index contributed by atoms with van der Waals surface area (Å²) in [7, 11) is -1.64. The van der Waals surface area contributed by atoms with E-state index in [4.69, 9.17) is 4.74 Å². The number of methoxy groups -OCH3 is 1. The second-order valence-corrected chi connectivity index (χ2v) is 6.79. The number of ether oxygens (including phenoxy) is 1. The second kappa shape index (κ2) is 6.13. The van der Waals surface area contributed by atoms with Crippen molar-refractivity contribution in [3.05, 3.63) is 47.7 Å². The molecule has 6 heteroatoms. The summed E-state index contributed by atoms with van der Waals surface area (Å²) in [5, 5.41) is 3.21. The molecule has 1 N–H and O–H groups in total. The molecule has 0 saturated heterocycles. The van der Waals surface area contributed by atoms with Crippen LogP contribution in [-0.2, 0) is 16.4 Å². The topological polar surface area (TPSA) is 68.3 Å². The highest BCUT2D eigenvalue weighted by atomic mass is 32.2. The highest BCUT2D eigenvalue weighted by Gasteiger charge is 2.09. The van der Waals surface area contributed by atoms with Crippen LogP contribution in [0.15, 0.2) is 41.3 Å². The van der Waals surface area contributed by atoms with Crippen LogP contribution in [0, 0.1) is 6.92 Å². The number of aromatic nitrogens is 1. The van der Waals surface area contributed by atoms with Crippen LogP contribution >= 0.6 is 0 Å². The Morgan fingerprint density at radius 3 is 2.67 bits per heavy atom. The molecule has 0 amide bonds. The van der Waals surface area contributed by atoms with E-state index in [1.807, 2.05) is 19.1 Å². The molecule has 0 unspecified atom stereocenters. The zero-order chi connectivity index (χ0) is 15.5. The summed E-state index contributed by atoms with van der Waals surface area (Å²) in [6.07, 6.45) is 1.20. The summed E-state index contributed by atoms with van der Waals surface area (Å²) in [5.41, 5.74) is 2.58. The van der Waals surface area contributed by atoms with E-state index in [0.717, 1.165) is 16.9 Å². The number of hydrogen-bond donors (Lipinski definition) is 1. The number of nitrogens with zero attached hydrogens (tertiary/aromatic N) is 1. The number of pyridine rings is 1. The number of hydrogen-bond acceptors (Lipinski definition) is 5. The molecule has 2 aromatic rings. The predicted octanol–water partition coefficient (Wildman–Crippen LogP) is 2.41. The van der Waals surface area contributed by atoms with Crippen molar-refractivity contribution in [2.24, 2.45) is 0 Å². The van der Waals surface area contributed by atoms with E-state index >= 15 is 0 Å². The van der Waals surface area contributed by atoms with Gasteiger partial charge in [0.15, 0.2) is 9.84 Å². The molecule has 0 bridgehead atoms. The van der Waals surface area contributed by atoms with Crippen LogP contribution in [0.5, 0.6) is 5.88 Å². The summed E-state index contributed by atoms with van der Waals surface area (Å²) in [4.78, 5) is 4.60. The Labute approximate surface area is 124 Å². The fourth-order valence-electron chi connectivity index (χ4n) is 1.88. The first-order chi connectivity index (χ1) is 9.90. The van der Waals surface area contributed by atoms with Crippen LogP contribution in [0.1, 0.15) is 11.3 Å². The van der Waals surface area contributed by atoms with E-state index in [1.165, 1.54) is 6.26 Å². The fraction of sp³-hybridized carbons (Fsp3) is 0.267. The molecule has 0 fully saturated rings. The van der Waals surface area contributed by atoms with Gasteiger partial charge in [-0.2, -0.15) is 0 Å². The van der Waals surface area contributed by atoms with Gasteiger partial charge in [-0.15, -0.1) is 0 Å². The lowest BCUT2D eigenvalue weighted by Gasteiger charge is -2.11. The van der Waals surface area contributed by atoms with E-state index in [1.54, 1.807) is 31.4 Å². The smallest absolute Gasteiger partial charge is 0.213 e. The molecule has 2 rings (SSSR count). The van der Waals surface area contributed by atoms with Crippen molar-refractivity contribution >= 4 is 15.5 Å². The van der Waals surface area contributed by atoms with Crippen LogP contribution in [0.4, 0.5) is 5.69 Å². The van der Waals surface area contributed by atoms with Gasteiger partial charge in [-0.05, 0) is 30.7 Å². The SMILES string of the molecule is COc1cccc(CNc2cc(S(C)(=O)=O)ccc2C)n1. The Kier molecular flexibility index (Phi) is 4.47. The van der Waals surface area contributed by atoms with Crippen molar-refractivity contribution in [2.75, 3.05) is 18.7 Å². The van der Waals surface area contributed by atoms with Crippen molar-refractivity contribution in [3.63, 3.8) is 0 Å². The number of aryl methyl sites for hydroxylation is 1. The molecule has 1 aromatic carbocycles. The van der Waals surface area contributed by atoms with E-state index < -0.39 is 9.84 Å². The molecule has 0 saturated carbocycles. The number of sulfone groups is 1. The summed E-state index contributed by atoms with van der Waals surface area (Å²) in [6, 6.07) is 10.6. The standard InChI is InChI=1S/C15H18N2O3S/c1-11-7-8-13(21(3,18)19)9-14(11)16-10-12-5-4-6-15(17-12)20-2/h4-9,16H,10H2,1-3H3. The molecule has 1 heterocycles. The van der Waals surface area contributed by atoms with Crippen LogP contribution in [0.3, 0.4) is 0 Å². The highest BCUT2D eigenvalue weighted by molar-refractivity contribution is 7.90. The quantitative estimate of drug-likeness (QED) is 0.918. The van der Waals surface area contributed by atoms with Gasteiger partial charge in [0.1, 0.15) is 0 Å². The summed E-state index contributed by atoms with van der Waals surface area (Å²) in [6.45, 7) is 2.42. The van der Waals surface area contributed by atoms with Gasteiger partial charge >= 0.3 is 0 Å². The molecule has 5 nitrogen and oxygen atoms in total. The van der Waals surface area contributed by atoms with Crippen LogP contribution in [0.25, 0.3) is 0 Å². The maximum absolute atomic E-state index is 11.6. The lowest BCUT2D eigenvalue weighted by Crippen LogP contribution is -2.05. The maximum Gasteiger partial charge on any atom is 0.213 e. The van der Waals surface area contributed by atoms with Gasteiger partial charge in [0.2, 0.25) is 5.88 Å². The summed E-state index contributed by atoms with van der Waals surface area (Å²) >= 11 is 0. The number of nitrogens with one attached hydrogen (secondary N) is 1. The molecule has 21 heavy (non-hydrogen) atoms. The Bertz CT molecular complexity index is 742. The van der Waals surface area contributed by atoms with Crippen LogP contribution < -0.4 is 10.1 Å². The molecule has 112 valence electrons. The van der Waals surface area contributed by atoms with E-state index in [0.29, 0.717) is 17.3 Å². The molecular formula is C15H18N2O3S. The minimum Gasteiger partial charge on any atom is -0.481 e. The average molecular weight is 306 g/mol. The number of rotatable bonds is 5. The van der Waals surface area contributed by atoms with Gasteiger partial charge in [0, 0.05) is 18.0 Å². The van der Waals surface area contributed by atoms with Crippen molar-refractivity contribution in [3.8, 4) is 5.88 Å². The third-order valence-corrected chi connectivity index (χ3v) is 4.20. The molecule has 1 aromatic heterocycles. The zero-order valence-corrected chi connectivity index (χ0v) is 13.1. The third-order valence-electron chi connectivity index (χ3n) is 3.09. The average Bonchev–Trinajstić information content (AvgIpc) is 2.45. The second-order valence-electron chi connectivity index (χ2n) is 4.77. The molecule has 0 atom stereocenters. The van der Waals surface area contributed by atoms with Gasteiger partial charge < -0.3 is 10.1 Å². The minimum absolute atomic E-state index is 0.300. The lowest BCUT2D eigenvalue weighted by atomic mass is 10.2. The van der Waals surface area contributed by atoms with Crippen molar-refractivity contribution in [1.29, 1.82) is 0 Å². The maximum atomic E-state index is 11.6. The largest absolute Gasteiger partial charge is 0.481 e. The number of anilines is 1. The first kappa shape index (κ1) is 15.3. The van der Waals surface area contributed by atoms with E-state index in [2.05, 4.69) is 10.3 Å². The van der Waals surface area contributed by atoms with Gasteiger partial charge in [-0.3, -0.25) is 0 Å². The van der Waals surface area contributed by atoms with Crippen molar-refractivity contribution in [2.45, 2.75) is 18.4 Å². The molecule has 0 aliphatic rings. The Balaban J connectivity index is 2.19. The van der Waals surface area contributed by atoms with E-state index in [9.17, 15) is 8.42 Å². The van der Waals surface area contributed by atoms with Gasteiger partial charge in [-0.1, -0.05) is 12.1 Å². The van der Waals surface area contributed by atoms with Crippen molar-refractivity contribution < 1.29 is 13.2 Å². The molecule has 0 aliphatic carbocycles. The predicted molar refractivity (Wildman–Crippen MR) is 82.4 cm³/mol. The molecular weight excluding hydrogens is 288 g/mol. The van der Waals surface area contributed by atoms with Crippen LogP contribution in [0.2, 0.25) is 0 Å². The Morgan fingerprint density at radius 1 is 1.24 bits per heavy atom. The normalized spacial score (nSPS) is 11.2. The zero-order valence-electron chi connectivity index (χ0n) is 12.3. The van der Waals surface area contributed by atoms with Crippen LogP contribution in [-0.4, -0.2) is 26.8 Å². The minimum atomic E-state index is -3.21. The van der Waals surface area contributed by atoms with Gasteiger partial charge in [0.05, 0.1) is 24.2 Å². The summed E-state index contributed by atoms with van der Waals surface area (Å²) < 4.78 is 28.3. The molecule has 0 aliphatic heterocycles. The third kappa shape index (κ3) is 3.95. The Hall–Kier alpha value is -2.08. The fourth-order valence-corrected chi connectivity index (χ4v) is 2.52. The summed E-state index contributed by atoms with van der Waals surface area (Å²) in [5.74, 6) is 0.552. The molecule has 0 spiro atoms. The lowest BCUT2D eigenvalue weighted by molar-refractivity contribution is 0.396. The van der Waals surface area contributed by atoms with Crippen molar-refractivity contribution in [1.82, 2.24) is 4.98 Å². The van der Waals surface area contributed by atoms with Gasteiger partial charge in [0.25, 0.3) is 0 Å². The monoisotopic (exact) mass is 306 g/mol. The number of benzene rings is 1. The molecule has 0 radical (unpaired) electrons. The highest BCUT2D eigenvalue weighted by Crippen LogP contribution is 2.21.